The zero-order chi connectivity index (χ0) is 13.6. The van der Waals surface area contributed by atoms with E-state index in [0.29, 0.717) is 6.42 Å². The molecule has 2 heterocycles. The Morgan fingerprint density at radius 3 is 2.58 bits per heavy atom. The second-order valence-corrected chi connectivity index (χ2v) is 5.74. The lowest BCUT2D eigenvalue weighted by Gasteiger charge is -2.45. The summed E-state index contributed by atoms with van der Waals surface area (Å²) in [5.74, 6) is 0.0396. The number of Topliss-reactive ketones (excluding diaryl/α,β-unsaturated/α-hetero) is 2. The van der Waals surface area contributed by atoms with Crippen LogP contribution < -0.4 is 4.90 Å². The molecular weight excluding hydrogens is 238 g/mol. The molecule has 1 aromatic carbocycles. The fourth-order valence-electron chi connectivity index (χ4n) is 3.89. The van der Waals surface area contributed by atoms with Crippen LogP contribution in [-0.2, 0) is 16.0 Å². The Kier molecular flexibility index (Phi) is 2.73. The van der Waals surface area contributed by atoms with Crippen LogP contribution in [0.1, 0.15) is 32.3 Å². The largest absolute Gasteiger partial charge is 0.367 e. The molecule has 1 saturated heterocycles. The summed E-state index contributed by atoms with van der Waals surface area (Å²) in [5.41, 5.74) is 1.51. The third kappa shape index (κ3) is 1.57. The number of benzene rings is 1. The van der Waals surface area contributed by atoms with Crippen LogP contribution in [0, 0.1) is 5.41 Å². The minimum atomic E-state index is -0.829. The maximum atomic E-state index is 12.3. The highest BCUT2D eigenvalue weighted by molar-refractivity contribution is 6.07. The third-order valence-corrected chi connectivity index (χ3v) is 4.85. The fourth-order valence-corrected chi connectivity index (χ4v) is 3.89. The predicted molar refractivity (Wildman–Crippen MR) is 74.3 cm³/mol. The minimum Gasteiger partial charge on any atom is -0.367 e. The van der Waals surface area contributed by atoms with Crippen LogP contribution in [0.5, 0.6) is 0 Å². The van der Waals surface area contributed by atoms with E-state index < -0.39 is 5.41 Å². The van der Waals surface area contributed by atoms with E-state index in [1.165, 1.54) is 5.69 Å². The molecule has 0 aliphatic carbocycles. The Morgan fingerprint density at radius 2 is 1.89 bits per heavy atom. The molecule has 0 bridgehead atoms. The molecule has 2 aliphatic rings. The van der Waals surface area contributed by atoms with Gasteiger partial charge in [-0.15, -0.1) is 0 Å². The number of hydrogen-bond donors (Lipinski definition) is 0. The van der Waals surface area contributed by atoms with Crippen LogP contribution in [0.25, 0.3) is 0 Å². The second kappa shape index (κ2) is 4.19. The number of para-hydroxylation sites is 1. The monoisotopic (exact) mass is 257 g/mol. The first-order chi connectivity index (χ1) is 9.07. The van der Waals surface area contributed by atoms with Gasteiger partial charge in [0.25, 0.3) is 0 Å². The van der Waals surface area contributed by atoms with E-state index in [9.17, 15) is 9.59 Å². The van der Waals surface area contributed by atoms with Crippen molar-refractivity contribution >= 4 is 17.3 Å². The number of carbonyl (C=O) groups excluding carboxylic acids is 2. The van der Waals surface area contributed by atoms with E-state index in [4.69, 9.17) is 0 Å². The summed E-state index contributed by atoms with van der Waals surface area (Å²) in [5, 5.41) is 0. The quantitative estimate of drug-likeness (QED) is 0.763. The highest BCUT2D eigenvalue weighted by atomic mass is 16.2. The second-order valence-electron chi connectivity index (χ2n) is 5.74. The van der Waals surface area contributed by atoms with Gasteiger partial charge in [0, 0.05) is 18.3 Å². The first-order valence-electron chi connectivity index (χ1n) is 6.94. The van der Waals surface area contributed by atoms with Gasteiger partial charge >= 0.3 is 0 Å². The Hall–Kier alpha value is -1.64. The Morgan fingerprint density at radius 1 is 1.21 bits per heavy atom. The number of nitrogens with zero attached hydrogens (tertiary/aromatic N) is 1. The number of hydrogen-bond acceptors (Lipinski definition) is 3. The fraction of sp³-hybridized carbons (Fsp3) is 0.500. The van der Waals surface area contributed by atoms with Gasteiger partial charge < -0.3 is 4.90 Å². The molecule has 0 radical (unpaired) electrons. The lowest BCUT2D eigenvalue weighted by molar-refractivity contribution is -0.140. The van der Waals surface area contributed by atoms with Crippen LogP contribution in [0.4, 0.5) is 5.69 Å². The zero-order valence-corrected chi connectivity index (χ0v) is 11.5. The van der Waals surface area contributed by atoms with Gasteiger partial charge in [0.15, 0.2) is 0 Å². The molecule has 2 aliphatic heterocycles. The van der Waals surface area contributed by atoms with E-state index in [-0.39, 0.29) is 17.6 Å². The predicted octanol–water partition coefficient (Wildman–Crippen LogP) is 2.38. The number of ketones is 2. The lowest BCUT2D eigenvalue weighted by atomic mass is 9.66. The summed E-state index contributed by atoms with van der Waals surface area (Å²) in [6, 6.07) is 8.23. The molecule has 100 valence electrons. The molecule has 1 aromatic rings. The average molecular weight is 257 g/mol. The van der Waals surface area contributed by atoms with Crippen LogP contribution in [0.15, 0.2) is 24.3 Å². The summed E-state index contributed by atoms with van der Waals surface area (Å²) >= 11 is 0. The van der Waals surface area contributed by atoms with Crippen molar-refractivity contribution in [2.75, 3.05) is 11.4 Å². The van der Waals surface area contributed by atoms with Crippen molar-refractivity contribution in [3.8, 4) is 0 Å². The molecule has 3 rings (SSSR count). The summed E-state index contributed by atoms with van der Waals surface area (Å²) in [4.78, 5) is 26.8. The molecule has 0 saturated carbocycles. The van der Waals surface area contributed by atoms with Gasteiger partial charge in [0.05, 0.1) is 0 Å². The first kappa shape index (κ1) is 12.4. The third-order valence-electron chi connectivity index (χ3n) is 4.85. The molecule has 3 nitrogen and oxygen atoms in total. The van der Waals surface area contributed by atoms with Crippen molar-refractivity contribution in [3.05, 3.63) is 29.8 Å². The average Bonchev–Trinajstić information content (AvgIpc) is 2.86. The van der Waals surface area contributed by atoms with E-state index in [2.05, 4.69) is 11.0 Å². The number of anilines is 1. The SMILES string of the molecule is CC(=O)C1(C(C)=O)Cc2ccccc2N2CCCC21. The van der Waals surface area contributed by atoms with Gasteiger partial charge in [-0.2, -0.15) is 0 Å². The molecule has 1 fully saturated rings. The molecule has 19 heavy (non-hydrogen) atoms. The zero-order valence-electron chi connectivity index (χ0n) is 11.5. The Bertz CT molecular complexity index is 535. The number of rotatable bonds is 2. The van der Waals surface area contributed by atoms with E-state index >= 15 is 0 Å². The molecular formula is C16H19NO2. The normalized spacial score (nSPS) is 23.7. The lowest BCUT2D eigenvalue weighted by Crippen LogP contribution is -2.57. The van der Waals surface area contributed by atoms with Crippen molar-refractivity contribution in [3.63, 3.8) is 0 Å². The van der Waals surface area contributed by atoms with E-state index in [1.54, 1.807) is 13.8 Å². The summed E-state index contributed by atoms with van der Waals surface area (Å²) < 4.78 is 0. The summed E-state index contributed by atoms with van der Waals surface area (Å²) in [6.45, 7) is 4.10. The van der Waals surface area contributed by atoms with Gasteiger partial charge in [-0.3, -0.25) is 9.59 Å². The number of fused-ring (bicyclic) bond motifs is 3. The van der Waals surface area contributed by atoms with Gasteiger partial charge in [-0.1, -0.05) is 18.2 Å². The summed E-state index contributed by atoms with van der Waals surface area (Å²) in [7, 11) is 0. The van der Waals surface area contributed by atoms with Gasteiger partial charge in [-0.25, -0.2) is 0 Å². The van der Waals surface area contributed by atoms with Crippen LogP contribution in [0.3, 0.4) is 0 Å². The van der Waals surface area contributed by atoms with Gasteiger partial charge in [0.2, 0.25) is 0 Å². The van der Waals surface area contributed by atoms with Crippen molar-refractivity contribution in [2.45, 2.75) is 39.2 Å². The van der Waals surface area contributed by atoms with Gasteiger partial charge in [-0.05, 0) is 44.7 Å². The first-order valence-corrected chi connectivity index (χ1v) is 6.94. The molecule has 3 heteroatoms. The van der Waals surface area contributed by atoms with Crippen molar-refractivity contribution in [1.29, 1.82) is 0 Å². The Labute approximate surface area is 113 Å². The minimum absolute atomic E-state index is 0.0198. The van der Waals surface area contributed by atoms with Crippen LogP contribution >= 0.6 is 0 Å². The standard InChI is InChI=1S/C16H19NO2/c1-11(18)16(12(2)19)10-13-6-3-4-7-14(13)17-9-5-8-15(16)17/h3-4,6-7,15H,5,8-10H2,1-2H3. The highest BCUT2D eigenvalue weighted by Gasteiger charge is 2.54. The molecule has 0 N–H and O–H groups in total. The maximum Gasteiger partial charge on any atom is 0.145 e. The Balaban J connectivity index is 2.19. The number of carbonyl (C=O) groups is 2. The molecule has 1 atom stereocenters. The highest BCUT2D eigenvalue weighted by Crippen LogP contribution is 2.46. The summed E-state index contributed by atoms with van der Waals surface area (Å²) in [6.07, 6.45) is 2.56. The van der Waals surface area contributed by atoms with E-state index in [0.717, 1.165) is 24.9 Å². The van der Waals surface area contributed by atoms with E-state index in [1.807, 2.05) is 18.2 Å². The molecule has 0 spiro atoms. The van der Waals surface area contributed by atoms with Crippen molar-refractivity contribution < 1.29 is 9.59 Å². The molecule has 0 aromatic heterocycles. The van der Waals surface area contributed by atoms with Gasteiger partial charge in [0.1, 0.15) is 17.0 Å². The van der Waals surface area contributed by atoms with Crippen molar-refractivity contribution in [2.24, 2.45) is 5.41 Å². The molecule has 0 amide bonds. The maximum absolute atomic E-state index is 12.3. The van der Waals surface area contributed by atoms with Crippen LogP contribution in [0.2, 0.25) is 0 Å². The van der Waals surface area contributed by atoms with Crippen molar-refractivity contribution in [1.82, 2.24) is 0 Å². The smallest absolute Gasteiger partial charge is 0.145 e. The topological polar surface area (TPSA) is 37.4 Å². The molecule has 1 unspecified atom stereocenters. The van der Waals surface area contributed by atoms with Crippen LogP contribution in [-0.4, -0.2) is 24.2 Å².